The smallest absolute Gasteiger partial charge is 0.263 e. The number of nitrogens with zero attached hydrogens (tertiary/aromatic N) is 3. The molecule has 0 aliphatic carbocycles. The van der Waals surface area contributed by atoms with E-state index in [1.54, 1.807) is 37.3 Å². The lowest BCUT2D eigenvalue weighted by Crippen LogP contribution is -2.17. The van der Waals surface area contributed by atoms with Crippen LogP contribution in [0.3, 0.4) is 0 Å². The van der Waals surface area contributed by atoms with Gasteiger partial charge in [0.05, 0.1) is 38.8 Å². The van der Waals surface area contributed by atoms with E-state index >= 15 is 0 Å². The van der Waals surface area contributed by atoms with Gasteiger partial charge in [0.15, 0.2) is 0 Å². The van der Waals surface area contributed by atoms with E-state index in [0.717, 1.165) is 16.7 Å². The molecule has 3 N–H and O–H groups in total. The molecule has 0 saturated heterocycles. The highest BCUT2D eigenvalue weighted by atomic mass is 35.5. The first-order valence-electron chi connectivity index (χ1n) is 13.1. The number of ether oxygens (including phenoxy) is 1. The van der Waals surface area contributed by atoms with Gasteiger partial charge in [-0.15, -0.1) is 0 Å². The van der Waals surface area contributed by atoms with E-state index in [9.17, 15) is 13.2 Å². The number of aromatic nitrogens is 3. The molecule has 1 amide bonds. The molecule has 5 rings (SSSR count). The molecule has 0 bridgehead atoms. The highest BCUT2D eigenvalue weighted by Crippen LogP contribution is 2.31. The van der Waals surface area contributed by atoms with Crippen molar-refractivity contribution >= 4 is 55.8 Å². The summed E-state index contributed by atoms with van der Waals surface area (Å²) in [5.74, 6) is 0.693. The summed E-state index contributed by atoms with van der Waals surface area (Å²) in [6.07, 6.45) is 0. The standard InChI is InChI=1S/C30H29ClN6O4S/c1-5-41-21-7-6-8-22(17-21)42(39,40)36-28-14-11-23(18(2)32-28)30(38)33-19-9-12-25(31)24(15-19)29-34-26-13-10-20(37(3)4)16-27(26)35-29/h6-17H,5H2,1-4H3,(H,32,36)(H,33,38)(H,34,35). The van der Waals surface area contributed by atoms with Gasteiger partial charge in [-0.3, -0.25) is 9.52 Å². The van der Waals surface area contributed by atoms with Crippen LogP contribution in [0.4, 0.5) is 17.2 Å². The Labute approximate surface area is 248 Å². The number of halogens is 1. The van der Waals surface area contributed by atoms with Crippen LogP contribution in [-0.2, 0) is 10.0 Å². The summed E-state index contributed by atoms with van der Waals surface area (Å²) in [7, 11) is 0.00391. The maximum absolute atomic E-state index is 13.2. The lowest BCUT2D eigenvalue weighted by atomic mass is 10.1. The Balaban J connectivity index is 1.34. The Kier molecular flexibility index (Phi) is 8.06. The van der Waals surface area contributed by atoms with Gasteiger partial charge in [0.25, 0.3) is 15.9 Å². The van der Waals surface area contributed by atoms with E-state index in [1.807, 2.05) is 44.1 Å². The van der Waals surface area contributed by atoms with Crippen LogP contribution in [0, 0.1) is 6.92 Å². The molecule has 0 spiro atoms. The first kappa shape index (κ1) is 28.9. The van der Waals surface area contributed by atoms with E-state index in [0.29, 0.717) is 40.1 Å². The van der Waals surface area contributed by atoms with Gasteiger partial charge in [0.1, 0.15) is 17.4 Å². The minimum atomic E-state index is -3.92. The van der Waals surface area contributed by atoms with Crippen LogP contribution < -0.4 is 19.7 Å². The van der Waals surface area contributed by atoms with Gasteiger partial charge in [-0.25, -0.2) is 18.4 Å². The monoisotopic (exact) mass is 604 g/mol. The molecule has 0 unspecified atom stereocenters. The number of pyridine rings is 1. The minimum Gasteiger partial charge on any atom is -0.494 e. The fraction of sp³-hybridized carbons (Fsp3) is 0.167. The van der Waals surface area contributed by atoms with E-state index < -0.39 is 15.9 Å². The molecule has 0 saturated carbocycles. The van der Waals surface area contributed by atoms with Crippen molar-refractivity contribution in [2.75, 3.05) is 35.6 Å². The number of hydrogen-bond acceptors (Lipinski definition) is 7. The van der Waals surface area contributed by atoms with Gasteiger partial charge in [0.2, 0.25) is 0 Å². The largest absolute Gasteiger partial charge is 0.494 e. The Morgan fingerprint density at radius 1 is 1.02 bits per heavy atom. The predicted molar refractivity (Wildman–Crippen MR) is 166 cm³/mol. The number of anilines is 3. The maximum atomic E-state index is 13.2. The Morgan fingerprint density at radius 3 is 2.57 bits per heavy atom. The number of hydrogen-bond donors (Lipinski definition) is 3. The summed E-state index contributed by atoms with van der Waals surface area (Å²) in [4.78, 5) is 27.5. The van der Waals surface area contributed by atoms with Crippen LogP contribution in [0.15, 0.2) is 77.7 Å². The van der Waals surface area contributed by atoms with Crippen molar-refractivity contribution < 1.29 is 17.9 Å². The number of aromatic amines is 1. The molecule has 3 aromatic carbocycles. The maximum Gasteiger partial charge on any atom is 0.263 e. The van der Waals surface area contributed by atoms with Crippen LogP contribution in [0.1, 0.15) is 23.0 Å². The van der Waals surface area contributed by atoms with Crippen LogP contribution >= 0.6 is 11.6 Å². The SMILES string of the molecule is CCOc1cccc(S(=O)(=O)Nc2ccc(C(=O)Nc3ccc(Cl)c(-c4nc5cc(N(C)C)ccc5[nH]4)c3)c(C)n2)c1. The number of fused-ring (bicyclic) bond motifs is 1. The zero-order chi connectivity index (χ0) is 30.0. The van der Waals surface area contributed by atoms with Crippen LogP contribution in [0.25, 0.3) is 22.4 Å². The van der Waals surface area contributed by atoms with Gasteiger partial charge < -0.3 is 19.9 Å². The lowest BCUT2D eigenvalue weighted by Gasteiger charge is -2.12. The second kappa shape index (κ2) is 11.7. The van der Waals surface area contributed by atoms with Crippen molar-refractivity contribution in [1.82, 2.24) is 15.0 Å². The molecule has 42 heavy (non-hydrogen) atoms. The Morgan fingerprint density at radius 2 is 1.83 bits per heavy atom. The summed E-state index contributed by atoms with van der Waals surface area (Å²) < 4.78 is 33.7. The van der Waals surface area contributed by atoms with Crippen molar-refractivity contribution in [3.05, 3.63) is 89.1 Å². The molecule has 12 heteroatoms. The van der Waals surface area contributed by atoms with Crippen LogP contribution in [0.2, 0.25) is 5.02 Å². The van der Waals surface area contributed by atoms with Gasteiger partial charge in [-0.2, -0.15) is 0 Å². The second-order valence-electron chi connectivity index (χ2n) is 9.67. The number of carbonyl (C=O) groups excluding carboxylic acids is 1. The number of benzene rings is 3. The minimum absolute atomic E-state index is 0.0378. The van der Waals surface area contributed by atoms with E-state index in [-0.39, 0.29) is 16.3 Å². The van der Waals surface area contributed by atoms with Crippen molar-refractivity contribution in [3.8, 4) is 17.1 Å². The number of rotatable bonds is 9. The molecule has 0 atom stereocenters. The van der Waals surface area contributed by atoms with Crippen molar-refractivity contribution in [2.24, 2.45) is 0 Å². The molecule has 0 aliphatic heterocycles. The Bertz CT molecular complexity index is 1910. The van der Waals surface area contributed by atoms with Crippen LogP contribution in [-0.4, -0.2) is 50.0 Å². The number of amides is 1. The van der Waals surface area contributed by atoms with Gasteiger partial charge in [-0.1, -0.05) is 17.7 Å². The molecule has 2 aromatic heterocycles. The molecule has 216 valence electrons. The quantitative estimate of drug-likeness (QED) is 0.185. The van der Waals surface area contributed by atoms with Gasteiger partial charge >= 0.3 is 0 Å². The van der Waals surface area contributed by atoms with E-state index in [4.69, 9.17) is 21.3 Å². The zero-order valence-electron chi connectivity index (χ0n) is 23.4. The molecule has 0 aliphatic rings. The third-order valence-electron chi connectivity index (χ3n) is 6.46. The molecular weight excluding hydrogens is 576 g/mol. The average Bonchev–Trinajstić information content (AvgIpc) is 3.37. The number of sulfonamides is 1. The number of nitrogens with one attached hydrogen (secondary N) is 3. The summed E-state index contributed by atoms with van der Waals surface area (Å²) in [6.45, 7) is 3.86. The van der Waals surface area contributed by atoms with Crippen molar-refractivity contribution in [2.45, 2.75) is 18.7 Å². The zero-order valence-corrected chi connectivity index (χ0v) is 25.0. The van der Waals surface area contributed by atoms with Crippen LogP contribution in [0.5, 0.6) is 5.75 Å². The summed E-state index contributed by atoms with van der Waals surface area (Å²) in [5, 5.41) is 3.34. The fourth-order valence-electron chi connectivity index (χ4n) is 4.34. The first-order chi connectivity index (χ1) is 20.0. The topological polar surface area (TPSA) is 129 Å². The third-order valence-corrected chi connectivity index (χ3v) is 8.14. The van der Waals surface area contributed by atoms with Crippen molar-refractivity contribution in [3.63, 3.8) is 0 Å². The fourth-order valence-corrected chi connectivity index (χ4v) is 5.58. The number of H-pyrrole nitrogens is 1. The molecule has 10 nitrogen and oxygen atoms in total. The predicted octanol–water partition coefficient (Wildman–Crippen LogP) is 6.10. The normalized spacial score (nSPS) is 11.4. The number of imidazole rings is 1. The van der Waals surface area contributed by atoms with E-state index in [2.05, 4.69) is 20.0 Å². The highest BCUT2D eigenvalue weighted by Gasteiger charge is 2.18. The molecule has 0 fully saturated rings. The third kappa shape index (κ3) is 6.17. The summed E-state index contributed by atoms with van der Waals surface area (Å²) >= 11 is 6.50. The van der Waals surface area contributed by atoms with Gasteiger partial charge in [-0.05, 0) is 74.5 Å². The lowest BCUT2D eigenvalue weighted by molar-refractivity contribution is 0.102. The number of carbonyl (C=O) groups is 1. The molecule has 0 radical (unpaired) electrons. The Hall–Kier alpha value is -4.61. The van der Waals surface area contributed by atoms with Gasteiger partial charge in [0, 0.05) is 37.1 Å². The average molecular weight is 605 g/mol. The summed E-state index contributed by atoms with van der Waals surface area (Å²) in [5.41, 5.74) is 4.44. The first-order valence-corrected chi connectivity index (χ1v) is 14.9. The van der Waals surface area contributed by atoms with E-state index in [1.165, 1.54) is 24.3 Å². The molecule has 5 aromatic rings. The summed E-state index contributed by atoms with van der Waals surface area (Å²) in [6, 6.07) is 20.2. The number of aryl methyl sites for hydroxylation is 1. The molecule has 2 heterocycles. The highest BCUT2D eigenvalue weighted by molar-refractivity contribution is 7.92. The van der Waals surface area contributed by atoms with Crippen molar-refractivity contribution in [1.29, 1.82) is 0 Å². The molecular formula is C30H29ClN6O4S. The second-order valence-corrected chi connectivity index (χ2v) is 11.8.